The minimum absolute atomic E-state index is 0.0731. The number of nitrogens with zero attached hydrogens (tertiary/aromatic N) is 4. The number of piperazine rings is 1. The summed E-state index contributed by atoms with van der Waals surface area (Å²) in [6.07, 6.45) is 1.52. The molecule has 2 aromatic carbocycles. The second kappa shape index (κ2) is 8.31. The van der Waals surface area contributed by atoms with Gasteiger partial charge < -0.3 is 14.5 Å². The van der Waals surface area contributed by atoms with Gasteiger partial charge in [0, 0.05) is 37.3 Å². The van der Waals surface area contributed by atoms with Crippen LogP contribution in [0.15, 0.2) is 67.0 Å². The maximum Gasteiger partial charge on any atom is 0.254 e. The van der Waals surface area contributed by atoms with Gasteiger partial charge >= 0.3 is 0 Å². The Bertz CT molecular complexity index is 993. The SMILES string of the molecule is Cc1cccc(Oc2cc(N3CCN(C(=O)c4ccccc4)[C@@H](C)C3)ncn2)c1. The summed E-state index contributed by atoms with van der Waals surface area (Å²) in [5.41, 5.74) is 1.86. The zero-order valence-corrected chi connectivity index (χ0v) is 16.7. The lowest BCUT2D eigenvalue weighted by Crippen LogP contribution is -2.54. The maximum atomic E-state index is 12.8. The van der Waals surface area contributed by atoms with E-state index in [0.29, 0.717) is 25.5 Å². The van der Waals surface area contributed by atoms with Gasteiger partial charge in [-0.3, -0.25) is 4.79 Å². The van der Waals surface area contributed by atoms with Crippen molar-refractivity contribution in [3.63, 3.8) is 0 Å². The highest BCUT2D eigenvalue weighted by Gasteiger charge is 2.28. The van der Waals surface area contributed by atoms with Crippen molar-refractivity contribution in [2.75, 3.05) is 24.5 Å². The third kappa shape index (κ3) is 4.37. The Hall–Kier alpha value is -3.41. The van der Waals surface area contributed by atoms with Crippen molar-refractivity contribution in [1.29, 1.82) is 0 Å². The van der Waals surface area contributed by atoms with Gasteiger partial charge in [-0.1, -0.05) is 30.3 Å². The molecule has 0 aliphatic carbocycles. The molecular weight excluding hydrogens is 364 g/mol. The number of hydrogen-bond donors (Lipinski definition) is 0. The van der Waals surface area contributed by atoms with Crippen LogP contribution in [0, 0.1) is 6.92 Å². The lowest BCUT2D eigenvalue weighted by atomic mass is 10.1. The summed E-state index contributed by atoms with van der Waals surface area (Å²) in [6.45, 7) is 6.16. The lowest BCUT2D eigenvalue weighted by Gasteiger charge is -2.40. The van der Waals surface area contributed by atoms with Crippen LogP contribution in [0.5, 0.6) is 11.6 Å². The Kier molecular flexibility index (Phi) is 5.42. The van der Waals surface area contributed by atoms with E-state index in [1.165, 1.54) is 6.33 Å². The minimum Gasteiger partial charge on any atom is -0.439 e. The number of aryl methyl sites for hydroxylation is 1. The quantitative estimate of drug-likeness (QED) is 0.678. The summed E-state index contributed by atoms with van der Waals surface area (Å²) in [5.74, 6) is 2.14. The predicted octanol–water partition coefficient (Wildman–Crippen LogP) is 3.93. The molecule has 3 aromatic rings. The van der Waals surface area contributed by atoms with E-state index in [-0.39, 0.29) is 11.9 Å². The average Bonchev–Trinajstić information content (AvgIpc) is 2.74. The van der Waals surface area contributed by atoms with Crippen molar-refractivity contribution < 1.29 is 9.53 Å². The molecule has 29 heavy (non-hydrogen) atoms. The number of hydrogen-bond acceptors (Lipinski definition) is 5. The molecule has 0 unspecified atom stereocenters. The molecule has 1 atom stereocenters. The molecule has 148 valence electrons. The first-order chi connectivity index (χ1) is 14.1. The molecular formula is C23H24N4O2. The Morgan fingerprint density at radius 2 is 1.86 bits per heavy atom. The van der Waals surface area contributed by atoms with Gasteiger partial charge in [-0.25, -0.2) is 9.97 Å². The Balaban J connectivity index is 1.44. The molecule has 1 amide bonds. The Morgan fingerprint density at radius 1 is 1.03 bits per heavy atom. The van der Waals surface area contributed by atoms with E-state index >= 15 is 0 Å². The van der Waals surface area contributed by atoms with Crippen LogP contribution in [0.4, 0.5) is 5.82 Å². The molecule has 1 aromatic heterocycles. The van der Waals surface area contributed by atoms with Gasteiger partial charge in [0.2, 0.25) is 5.88 Å². The van der Waals surface area contributed by atoms with Crippen LogP contribution in [0.25, 0.3) is 0 Å². The zero-order chi connectivity index (χ0) is 20.2. The summed E-state index contributed by atoms with van der Waals surface area (Å²) >= 11 is 0. The summed E-state index contributed by atoms with van der Waals surface area (Å²) in [5, 5.41) is 0. The molecule has 6 heteroatoms. The fraction of sp³-hybridized carbons (Fsp3) is 0.261. The highest BCUT2D eigenvalue weighted by molar-refractivity contribution is 5.94. The van der Waals surface area contributed by atoms with Crippen molar-refractivity contribution in [3.8, 4) is 11.6 Å². The van der Waals surface area contributed by atoms with Crippen molar-refractivity contribution in [2.45, 2.75) is 19.9 Å². The van der Waals surface area contributed by atoms with Gasteiger partial charge in [-0.05, 0) is 43.7 Å². The molecule has 0 spiro atoms. The molecule has 0 N–H and O–H groups in total. The van der Waals surface area contributed by atoms with Crippen LogP contribution in [0.2, 0.25) is 0 Å². The first-order valence-corrected chi connectivity index (χ1v) is 9.78. The molecule has 0 saturated carbocycles. The molecule has 2 heterocycles. The minimum atomic E-state index is 0.0731. The summed E-state index contributed by atoms with van der Waals surface area (Å²) in [6, 6.07) is 19.2. The maximum absolute atomic E-state index is 12.8. The van der Waals surface area contributed by atoms with Crippen LogP contribution in [0.1, 0.15) is 22.8 Å². The summed E-state index contributed by atoms with van der Waals surface area (Å²) in [7, 11) is 0. The number of carbonyl (C=O) groups excluding carboxylic acids is 1. The van der Waals surface area contributed by atoms with Crippen LogP contribution < -0.4 is 9.64 Å². The largest absolute Gasteiger partial charge is 0.439 e. The second-order valence-electron chi connectivity index (χ2n) is 7.29. The van der Waals surface area contributed by atoms with Gasteiger partial charge in [0.05, 0.1) is 0 Å². The molecule has 1 aliphatic rings. The highest BCUT2D eigenvalue weighted by atomic mass is 16.5. The topological polar surface area (TPSA) is 58.6 Å². The smallest absolute Gasteiger partial charge is 0.254 e. The summed E-state index contributed by atoms with van der Waals surface area (Å²) < 4.78 is 5.89. The lowest BCUT2D eigenvalue weighted by molar-refractivity contribution is 0.0673. The number of carbonyl (C=O) groups is 1. The Labute approximate surface area is 170 Å². The molecule has 6 nitrogen and oxygen atoms in total. The molecule has 1 aliphatic heterocycles. The van der Waals surface area contributed by atoms with Crippen LogP contribution in [0.3, 0.4) is 0 Å². The summed E-state index contributed by atoms with van der Waals surface area (Å²) in [4.78, 5) is 25.6. The number of ether oxygens (including phenoxy) is 1. The number of rotatable bonds is 4. The number of amides is 1. The van der Waals surface area contributed by atoms with Crippen LogP contribution >= 0.6 is 0 Å². The van der Waals surface area contributed by atoms with E-state index in [1.807, 2.05) is 72.5 Å². The van der Waals surface area contributed by atoms with E-state index in [4.69, 9.17) is 4.74 Å². The predicted molar refractivity (Wildman–Crippen MR) is 112 cm³/mol. The molecule has 4 rings (SSSR count). The zero-order valence-electron chi connectivity index (χ0n) is 16.7. The standard InChI is InChI=1S/C23H24N4O2/c1-17-7-6-10-20(13-17)29-22-14-21(24-16-25-22)26-11-12-27(18(2)15-26)23(28)19-8-4-3-5-9-19/h3-10,13-14,16,18H,11-12,15H2,1-2H3/t18-/m0/s1. The van der Waals surface area contributed by atoms with Gasteiger partial charge in [0.25, 0.3) is 5.91 Å². The fourth-order valence-corrected chi connectivity index (χ4v) is 3.57. The molecule has 1 fully saturated rings. The van der Waals surface area contributed by atoms with Gasteiger partial charge in [0.1, 0.15) is 17.9 Å². The number of benzene rings is 2. The van der Waals surface area contributed by atoms with Crippen molar-refractivity contribution in [3.05, 3.63) is 78.1 Å². The van der Waals surface area contributed by atoms with E-state index in [2.05, 4.69) is 21.8 Å². The highest BCUT2D eigenvalue weighted by Crippen LogP contribution is 2.25. The molecule has 1 saturated heterocycles. The third-order valence-electron chi connectivity index (χ3n) is 5.07. The van der Waals surface area contributed by atoms with Crippen molar-refractivity contribution in [1.82, 2.24) is 14.9 Å². The van der Waals surface area contributed by atoms with Gasteiger partial charge in [0.15, 0.2) is 0 Å². The third-order valence-corrected chi connectivity index (χ3v) is 5.07. The normalized spacial score (nSPS) is 16.6. The number of aromatic nitrogens is 2. The molecule has 0 radical (unpaired) electrons. The van der Waals surface area contributed by atoms with Crippen molar-refractivity contribution in [2.24, 2.45) is 0 Å². The van der Waals surface area contributed by atoms with Crippen molar-refractivity contribution >= 4 is 11.7 Å². The molecule has 0 bridgehead atoms. The van der Waals surface area contributed by atoms with E-state index in [1.54, 1.807) is 0 Å². The van der Waals surface area contributed by atoms with E-state index in [0.717, 1.165) is 22.7 Å². The van der Waals surface area contributed by atoms with Gasteiger partial charge in [-0.15, -0.1) is 0 Å². The Morgan fingerprint density at radius 3 is 2.62 bits per heavy atom. The fourth-order valence-electron chi connectivity index (χ4n) is 3.57. The number of anilines is 1. The van der Waals surface area contributed by atoms with Gasteiger partial charge in [-0.2, -0.15) is 0 Å². The first kappa shape index (κ1) is 18.9. The first-order valence-electron chi connectivity index (χ1n) is 9.78. The van der Waals surface area contributed by atoms with Crippen LogP contribution in [-0.4, -0.2) is 46.5 Å². The van der Waals surface area contributed by atoms with E-state index in [9.17, 15) is 4.79 Å². The van der Waals surface area contributed by atoms with Crippen LogP contribution in [-0.2, 0) is 0 Å². The monoisotopic (exact) mass is 388 g/mol. The average molecular weight is 388 g/mol. The van der Waals surface area contributed by atoms with E-state index < -0.39 is 0 Å². The second-order valence-corrected chi connectivity index (χ2v) is 7.29.